The number of carboxylic acids is 1. The number of hydrogen-bond donors (Lipinski definition) is 4. The van der Waals surface area contributed by atoms with E-state index in [0.29, 0.717) is 0 Å². The number of aliphatic hydroxyl groups excluding tert-OH is 3. The fraction of sp³-hybridized carbons (Fsp3) is 0.933. The molecule has 6 heteroatoms. The van der Waals surface area contributed by atoms with Gasteiger partial charge in [-0.05, 0) is 19.2 Å². The molecule has 126 valence electrons. The number of rotatable bonds is 5. The van der Waals surface area contributed by atoms with Crippen LogP contribution in [0.15, 0.2) is 0 Å². The van der Waals surface area contributed by atoms with Gasteiger partial charge in [0, 0.05) is 13.7 Å². The first-order valence-electron chi connectivity index (χ1n) is 7.60. The van der Waals surface area contributed by atoms with Crippen molar-refractivity contribution in [1.82, 2.24) is 0 Å². The Hall–Kier alpha value is -0.690. The standard InChI is InChI=1S/C14H26O6.CH4/c1-7(2)5-14(13(18)19)6-10(16)8(3)12(20-14)11(17)9(4)15;/h7-12,15-17H,5-6H2,1-4H3,(H,18,19);1H4/i4D;. The average Bonchev–Trinajstić information content (AvgIpc) is 2.40. The lowest BCUT2D eigenvalue weighted by Crippen LogP contribution is -2.60. The maximum atomic E-state index is 11.7. The van der Waals surface area contributed by atoms with E-state index in [1.165, 1.54) is 0 Å². The van der Waals surface area contributed by atoms with Crippen LogP contribution >= 0.6 is 0 Å². The van der Waals surface area contributed by atoms with Crippen LogP contribution in [-0.2, 0) is 9.53 Å². The summed E-state index contributed by atoms with van der Waals surface area (Å²) < 4.78 is 12.8. The maximum Gasteiger partial charge on any atom is 0.336 e. The zero-order chi connectivity index (χ0) is 16.4. The molecule has 1 saturated heterocycles. The fourth-order valence-electron chi connectivity index (χ4n) is 2.77. The van der Waals surface area contributed by atoms with Crippen molar-refractivity contribution >= 4 is 5.97 Å². The van der Waals surface area contributed by atoms with E-state index in [-0.39, 0.29) is 26.2 Å². The predicted molar refractivity (Wildman–Crippen MR) is 78.9 cm³/mol. The molecular formula is C15H30O6. The minimum atomic E-state index is -1.58. The highest BCUT2D eigenvalue weighted by atomic mass is 16.6. The molecule has 6 nitrogen and oxygen atoms in total. The molecule has 0 amide bonds. The van der Waals surface area contributed by atoms with Crippen molar-refractivity contribution < 1.29 is 31.3 Å². The maximum absolute atomic E-state index is 11.7. The van der Waals surface area contributed by atoms with Crippen LogP contribution in [0.25, 0.3) is 0 Å². The average molecular weight is 307 g/mol. The molecule has 6 unspecified atom stereocenters. The monoisotopic (exact) mass is 307 g/mol. The molecule has 0 aromatic rings. The summed E-state index contributed by atoms with van der Waals surface area (Å²) in [6.45, 7) is 4.91. The summed E-state index contributed by atoms with van der Waals surface area (Å²) in [4.78, 5) is 11.7. The fourth-order valence-corrected chi connectivity index (χ4v) is 2.77. The Bertz CT molecular complexity index is 364. The first-order valence-corrected chi connectivity index (χ1v) is 6.89. The summed E-state index contributed by atoms with van der Waals surface area (Å²) in [6, 6.07) is 0. The molecule has 1 fully saturated rings. The van der Waals surface area contributed by atoms with Gasteiger partial charge in [-0.15, -0.1) is 0 Å². The molecular weight excluding hydrogens is 276 g/mol. The number of carbonyl (C=O) groups is 1. The first-order chi connectivity index (χ1) is 9.64. The zero-order valence-corrected chi connectivity index (χ0v) is 12.2. The van der Waals surface area contributed by atoms with Gasteiger partial charge in [0.15, 0.2) is 5.60 Å². The molecule has 1 heterocycles. The molecule has 21 heavy (non-hydrogen) atoms. The Morgan fingerprint density at radius 3 is 2.48 bits per heavy atom. The second kappa shape index (κ2) is 7.54. The summed E-state index contributed by atoms with van der Waals surface area (Å²) >= 11 is 0. The SMILES string of the molecule is C.[2H]CC(O)C(O)C1OC(CC(C)C)(C(=O)O)CC(O)C1C. The van der Waals surface area contributed by atoms with E-state index in [9.17, 15) is 25.2 Å². The van der Waals surface area contributed by atoms with Gasteiger partial charge in [-0.25, -0.2) is 4.79 Å². The van der Waals surface area contributed by atoms with E-state index in [1.807, 2.05) is 13.8 Å². The van der Waals surface area contributed by atoms with Gasteiger partial charge in [0.05, 0.1) is 18.3 Å². The molecule has 0 radical (unpaired) electrons. The summed E-state index contributed by atoms with van der Waals surface area (Å²) in [5.74, 6) is -1.68. The third-order valence-electron chi connectivity index (χ3n) is 3.88. The zero-order valence-electron chi connectivity index (χ0n) is 13.2. The number of aliphatic hydroxyl groups is 3. The van der Waals surface area contributed by atoms with E-state index in [1.54, 1.807) is 6.92 Å². The summed E-state index contributed by atoms with van der Waals surface area (Å²) in [5, 5.41) is 39.4. The van der Waals surface area contributed by atoms with E-state index < -0.39 is 48.8 Å². The normalized spacial score (nSPS) is 36.5. The predicted octanol–water partition coefficient (Wildman–Crippen LogP) is 1.02. The topological polar surface area (TPSA) is 107 Å². The number of hydrogen-bond acceptors (Lipinski definition) is 5. The van der Waals surface area contributed by atoms with Crippen molar-refractivity contribution in [2.75, 3.05) is 0 Å². The van der Waals surface area contributed by atoms with Crippen molar-refractivity contribution in [2.24, 2.45) is 11.8 Å². The smallest absolute Gasteiger partial charge is 0.336 e. The van der Waals surface area contributed by atoms with Crippen molar-refractivity contribution in [1.29, 1.82) is 0 Å². The van der Waals surface area contributed by atoms with Crippen LogP contribution in [0.4, 0.5) is 0 Å². The van der Waals surface area contributed by atoms with Gasteiger partial charge in [0.25, 0.3) is 0 Å². The van der Waals surface area contributed by atoms with Crippen LogP contribution in [-0.4, -0.2) is 56.4 Å². The highest BCUT2D eigenvalue weighted by molar-refractivity contribution is 5.77. The third-order valence-corrected chi connectivity index (χ3v) is 3.88. The first kappa shape index (κ1) is 18.4. The van der Waals surface area contributed by atoms with Gasteiger partial charge >= 0.3 is 5.97 Å². The van der Waals surface area contributed by atoms with E-state index >= 15 is 0 Å². The molecule has 0 aliphatic carbocycles. The molecule has 0 bridgehead atoms. The second-order valence-corrected chi connectivity index (χ2v) is 6.17. The van der Waals surface area contributed by atoms with Crippen LogP contribution in [0.3, 0.4) is 0 Å². The second-order valence-electron chi connectivity index (χ2n) is 6.17. The van der Waals surface area contributed by atoms with E-state index in [4.69, 9.17) is 6.11 Å². The Balaban J connectivity index is 0.00000441. The van der Waals surface area contributed by atoms with Gasteiger partial charge in [0.2, 0.25) is 0 Å². The highest BCUT2D eigenvalue weighted by Crippen LogP contribution is 2.39. The Labute approximate surface area is 128 Å². The van der Waals surface area contributed by atoms with Gasteiger partial charge < -0.3 is 25.2 Å². The van der Waals surface area contributed by atoms with Crippen molar-refractivity contribution in [3.8, 4) is 0 Å². The number of aliphatic carboxylic acids is 1. The Kier molecular flexibility index (Phi) is 6.59. The van der Waals surface area contributed by atoms with Crippen LogP contribution in [0.2, 0.25) is 0 Å². The minimum absolute atomic E-state index is 0. The molecule has 6 atom stereocenters. The van der Waals surface area contributed by atoms with Crippen molar-refractivity contribution in [2.45, 2.75) is 78.0 Å². The Morgan fingerprint density at radius 2 is 2.05 bits per heavy atom. The van der Waals surface area contributed by atoms with E-state index in [2.05, 4.69) is 0 Å². The van der Waals surface area contributed by atoms with Gasteiger partial charge in [-0.1, -0.05) is 28.2 Å². The highest BCUT2D eigenvalue weighted by Gasteiger charge is 2.52. The molecule has 0 aromatic carbocycles. The number of ether oxygens (including phenoxy) is 1. The molecule has 1 rings (SSSR count). The molecule has 0 saturated carbocycles. The third kappa shape index (κ3) is 4.39. The Morgan fingerprint density at radius 1 is 1.48 bits per heavy atom. The van der Waals surface area contributed by atoms with Crippen molar-refractivity contribution in [3.05, 3.63) is 0 Å². The lowest BCUT2D eigenvalue weighted by Gasteiger charge is -2.46. The quantitative estimate of drug-likeness (QED) is 0.604. The summed E-state index contributed by atoms with van der Waals surface area (Å²) in [7, 11) is 0. The van der Waals surface area contributed by atoms with Gasteiger partial charge in [-0.3, -0.25) is 0 Å². The van der Waals surface area contributed by atoms with Crippen LogP contribution < -0.4 is 0 Å². The van der Waals surface area contributed by atoms with E-state index in [0.717, 1.165) is 0 Å². The minimum Gasteiger partial charge on any atom is -0.479 e. The lowest BCUT2D eigenvalue weighted by atomic mass is 9.77. The van der Waals surface area contributed by atoms with Crippen molar-refractivity contribution in [3.63, 3.8) is 0 Å². The van der Waals surface area contributed by atoms with Gasteiger partial charge in [-0.2, -0.15) is 0 Å². The van der Waals surface area contributed by atoms with Crippen LogP contribution in [0.1, 0.15) is 49.3 Å². The number of carboxylic acid groups (broad SMARTS) is 1. The van der Waals surface area contributed by atoms with Gasteiger partial charge in [0.1, 0.15) is 6.10 Å². The molecule has 4 N–H and O–H groups in total. The summed E-state index contributed by atoms with van der Waals surface area (Å²) in [6.07, 6.45) is -4.57. The molecule has 0 spiro atoms. The lowest BCUT2D eigenvalue weighted by molar-refractivity contribution is -0.238. The van der Waals surface area contributed by atoms with Crippen LogP contribution in [0, 0.1) is 11.8 Å². The van der Waals surface area contributed by atoms with Crippen LogP contribution in [0.5, 0.6) is 0 Å². The molecule has 1 aliphatic heterocycles. The molecule has 0 aromatic heterocycles. The summed E-state index contributed by atoms with van der Waals surface area (Å²) in [5.41, 5.74) is -1.58. The largest absolute Gasteiger partial charge is 0.479 e. The molecule has 1 aliphatic rings.